The average Bonchev–Trinajstić information content (AvgIpc) is 2.95. The van der Waals surface area contributed by atoms with E-state index in [9.17, 15) is 0 Å². The second-order valence-electron chi connectivity index (χ2n) is 5.49. The van der Waals surface area contributed by atoms with E-state index >= 15 is 0 Å². The van der Waals surface area contributed by atoms with Gasteiger partial charge < -0.3 is 15.2 Å². The second kappa shape index (κ2) is 8.17. The Kier molecular flexibility index (Phi) is 5.94. The van der Waals surface area contributed by atoms with E-state index in [2.05, 4.69) is 44.0 Å². The van der Waals surface area contributed by atoms with E-state index in [1.54, 1.807) is 13.2 Å². The predicted octanol–water partition coefficient (Wildman–Crippen LogP) is 1.80. The normalized spacial score (nSPS) is 11.7. The number of rotatable bonds is 6. The summed E-state index contributed by atoms with van der Waals surface area (Å²) >= 11 is 0. The van der Waals surface area contributed by atoms with Crippen molar-refractivity contribution in [3.8, 4) is 0 Å². The molecular formula is C16H24N6. The van der Waals surface area contributed by atoms with E-state index in [0.29, 0.717) is 19.0 Å². The van der Waals surface area contributed by atoms with Crippen LogP contribution in [0.2, 0.25) is 0 Å². The highest BCUT2D eigenvalue weighted by atomic mass is 15.2. The standard InChI is InChI=1S/C16H24N6/c1-13(2)12-22-9-8-19-15(22)11-21-16(17-3)20-10-14-6-4-5-7-18-14/h4-9,13H,10-12H2,1-3H3,(H2,17,20,21). The van der Waals surface area contributed by atoms with Gasteiger partial charge in [0.1, 0.15) is 5.82 Å². The first-order valence-electron chi connectivity index (χ1n) is 7.53. The zero-order valence-electron chi connectivity index (χ0n) is 13.5. The molecular weight excluding hydrogens is 276 g/mol. The fraction of sp³-hybridized carbons (Fsp3) is 0.438. The molecule has 2 rings (SSSR count). The van der Waals surface area contributed by atoms with Gasteiger partial charge in [0.05, 0.1) is 18.8 Å². The third-order valence-electron chi connectivity index (χ3n) is 3.16. The Hall–Kier alpha value is -2.37. The van der Waals surface area contributed by atoms with Crippen molar-refractivity contribution < 1.29 is 0 Å². The first-order valence-corrected chi connectivity index (χ1v) is 7.53. The molecule has 0 aliphatic rings. The number of nitrogens with zero attached hydrogens (tertiary/aromatic N) is 4. The van der Waals surface area contributed by atoms with Crippen LogP contribution < -0.4 is 10.6 Å². The zero-order chi connectivity index (χ0) is 15.8. The van der Waals surface area contributed by atoms with Crippen LogP contribution in [0.5, 0.6) is 0 Å². The van der Waals surface area contributed by atoms with Gasteiger partial charge in [0.15, 0.2) is 5.96 Å². The molecule has 2 heterocycles. The van der Waals surface area contributed by atoms with Crippen molar-refractivity contribution in [2.75, 3.05) is 7.05 Å². The minimum absolute atomic E-state index is 0.592. The largest absolute Gasteiger partial charge is 0.351 e. The van der Waals surface area contributed by atoms with E-state index in [4.69, 9.17) is 0 Å². The van der Waals surface area contributed by atoms with Gasteiger partial charge in [-0.25, -0.2) is 4.98 Å². The molecule has 6 nitrogen and oxygen atoms in total. The number of aliphatic imine (C=N–C) groups is 1. The van der Waals surface area contributed by atoms with E-state index < -0.39 is 0 Å². The summed E-state index contributed by atoms with van der Waals surface area (Å²) in [6.07, 6.45) is 5.64. The summed E-state index contributed by atoms with van der Waals surface area (Å²) in [5.41, 5.74) is 0.978. The highest BCUT2D eigenvalue weighted by molar-refractivity contribution is 5.79. The molecule has 6 heteroatoms. The number of hydrogen-bond donors (Lipinski definition) is 2. The minimum atomic E-state index is 0.592. The van der Waals surface area contributed by atoms with E-state index in [1.807, 2.05) is 30.6 Å². The molecule has 0 unspecified atom stereocenters. The maximum Gasteiger partial charge on any atom is 0.191 e. The van der Waals surface area contributed by atoms with Crippen LogP contribution in [-0.2, 0) is 19.6 Å². The lowest BCUT2D eigenvalue weighted by Crippen LogP contribution is -2.37. The topological polar surface area (TPSA) is 67.1 Å². The molecule has 0 saturated heterocycles. The smallest absolute Gasteiger partial charge is 0.191 e. The van der Waals surface area contributed by atoms with Crippen LogP contribution in [0.3, 0.4) is 0 Å². The molecule has 2 N–H and O–H groups in total. The SMILES string of the molecule is CN=C(NCc1ccccn1)NCc1nccn1CC(C)C. The van der Waals surface area contributed by atoms with Gasteiger partial charge in [0.2, 0.25) is 0 Å². The Morgan fingerprint density at radius 3 is 2.68 bits per heavy atom. The van der Waals surface area contributed by atoms with E-state index in [1.165, 1.54) is 0 Å². The summed E-state index contributed by atoms with van der Waals surface area (Å²) in [5, 5.41) is 6.53. The third-order valence-corrected chi connectivity index (χ3v) is 3.16. The first-order chi connectivity index (χ1) is 10.7. The molecule has 0 aliphatic carbocycles. The number of imidazole rings is 1. The maximum atomic E-state index is 4.40. The summed E-state index contributed by atoms with van der Waals surface area (Å²) < 4.78 is 2.17. The van der Waals surface area contributed by atoms with Gasteiger partial charge in [-0.1, -0.05) is 19.9 Å². The molecule has 0 bridgehead atoms. The molecule has 0 atom stereocenters. The molecule has 0 amide bonds. The van der Waals surface area contributed by atoms with Gasteiger partial charge >= 0.3 is 0 Å². The molecule has 0 spiro atoms. The number of hydrogen-bond acceptors (Lipinski definition) is 3. The lowest BCUT2D eigenvalue weighted by molar-refractivity contribution is 0.503. The molecule has 0 fully saturated rings. The van der Waals surface area contributed by atoms with E-state index in [0.717, 1.165) is 24.0 Å². The van der Waals surface area contributed by atoms with Gasteiger partial charge in [-0.05, 0) is 18.1 Å². The fourth-order valence-electron chi connectivity index (χ4n) is 2.13. The monoisotopic (exact) mass is 300 g/mol. The highest BCUT2D eigenvalue weighted by Crippen LogP contribution is 2.03. The molecule has 118 valence electrons. The molecule has 0 aromatic carbocycles. The van der Waals surface area contributed by atoms with Crippen LogP contribution in [-0.4, -0.2) is 27.5 Å². The number of pyridine rings is 1. The summed E-state index contributed by atoms with van der Waals surface area (Å²) in [4.78, 5) is 12.9. The van der Waals surface area contributed by atoms with Crippen LogP contribution >= 0.6 is 0 Å². The summed E-state index contributed by atoms with van der Waals surface area (Å²) in [7, 11) is 1.76. The van der Waals surface area contributed by atoms with Crippen LogP contribution in [0.25, 0.3) is 0 Å². The van der Waals surface area contributed by atoms with Crippen molar-refractivity contribution in [3.63, 3.8) is 0 Å². The highest BCUT2D eigenvalue weighted by Gasteiger charge is 2.06. The van der Waals surface area contributed by atoms with Gasteiger partial charge in [0.25, 0.3) is 0 Å². The Labute approximate surface area is 131 Å². The van der Waals surface area contributed by atoms with Crippen molar-refractivity contribution >= 4 is 5.96 Å². The van der Waals surface area contributed by atoms with Crippen molar-refractivity contribution in [2.45, 2.75) is 33.5 Å². The number of nitrogens with one attached hydrogen (secondary N) is 2. The Morgan fingerprint density at radius 2 is 2.00 bits per heavy atom. The Bertz CT molecular complexity index is 588. The summed E-state index contributed by atoms with van der Waals surface area (Å²) in [6, 6.07) is 5.86. The van der Waals surface area contributed by atoms with Crippen LogP contribution in [0, 0.1) is 5.92 Å². The second-order valence-corrected chi connectivity index (χ2v) is 5.49. The van der Waals surface area contributed by atoms with Gasteiger partial charge in [-0.2, -0.15) is 0 Å². The summed E-state index contributed by atoms with van der Waals surface area (Å²) in [5.74, 6) is 2.34. The van der Waals surface area contributed by atoms with Crippen molar-refractivity contribution in [1.29, 1.82) is 0 Å². The van der Waals surface area contributed by atoms with E-state index in [-0.39, 0.29) is 0 Å². The molecule has 0 aliphatic heterocycles. The third kappa shape index (κ3) is 4.87. The minimum Gasteiger partial charge on any atom is -0.351 e. The molecule has 2 aromatic rings. The Morgan fingerprint density at radius 1 is 1.18 bits per heavy atom. The first kappa shape index (κ1) is 16.0. The molecule has 2 aromatic heterocycles. The average molecular weight is 300 g/mol. The van der Waals surface area contributed by atoms with Crippen LogP contribution in [0.4, 0.5) is 0 Å². The van der Waals surface area contributed by atoms with Crippen LogP contribution in [0.1, 0.15) is 25.4 Å². The lowest BCUT2D eigenvalue weighted by Gasteiger charge is -2.13. The molecule has 0 saturated carbocycles. The Balaban J connectivity index is 1.85. The van der Waals surface area contributed by atoms with Gasteiger partial charge in [-0.15, -0.1) is 0 Å². The van der Waals surface area contributed by atoms with Crippen molar-refractivity contribution in [3.05, 3.63) is 48.3 Å². The van der Waals surface area contributed by atoms with Crippen molar-refractivity contribution in [2.24, 2.45) is 10.9 Å². The quantitative estimate of drug-likeness (QED) is 0.630. The summed E-state index contributed by atoms with van der Waals surface area (Å²) in [6.45, 7) is 6.65. The molecule has 22 heavy (non-hydrogen) atoms. The van der Waals surface area contributed by atoms with Crippen molar-refractivity contribution in [1.82, 2.24) is 25.2 Å². The van der Waals surface area contributed by atoms with Crippen LogP contribution in [0.15, 0.2) is 41.8 Å². The van der Waals surface area contributed by atoms with Gasteiger partial charge in [-0.3, -0.25) is 9.98 Å². The number of aromatic nitrogens is 3. The maximum absolute atomic E-state index is 4.40. The fourth-order valence-corrected chi connectivity index (χ4v) is 2.13. The predicted molar refractivity (Wildman–Crippen MR) is 88.3 cm³/mol. The molecule has 0 radical (unpaired) electrons. The number of guanidine groups is 1. The lowest BCUT2D eigenvalue weighted by atomic mass is 10.2. The van der Waals surface area contributed by atoms with Gasteiger partial charge in [0, 0.05) is 32.2 Å². The zero-order valence-corrected chi connectivity index (χ0v) is 13.5.